The van der Waals surface area contributed by atoms with Crippen LogP contribution in [0.15, 0.2) is 42.6 Å². The molecule has 3 heterocycles. The van der Waals surface area contributed by atoms with E-state index in [4.69, 9.17) is 0 Å². The molecule has 39 heavy (non-hydrogen) atoms. The molecule has 12 nitrogen and oxygen atoms in total. The average Bonchev–Trinajstić information content (AvgIpc) is 3.25. The second-order valence-corrected chi connectivity index (χ2v) is 9.75. The van der Waals surface area contributed by atoms with Crippen LogP contribution < -0.4 is 20.9 Å². The van der Waals surface area contributed by atoms with Crippen LogP contribution >= 0.6 is 0 Å². The van der Waals surface area contributed by atoms with Crippen molar-refractivity contribution in [1.82, 2.24) is 30.7 Å². The highest BCUT2D eigenvalue weighted by molar-refractivity contribution is 6.37. The van der Waals surface area contributed by atoms with Crippen molar-refractivity contribution in [3.63, 3.8) is 0 Å². The zero-order chi connectivity index (χ0) is 27.9. The zero-order valence-electron chi connectivity index (χ0n) is 22.1. The summed E-state index contributed by atoms with van der Waals surface area (Å²) < 4.78 is 0. The molecule has 3 N–H and O–H groups in total. The molecule has 1 saturated heterocycles. The second-order valence-electron chi connectivity index (χ2n) is 9.75. The first-order valence-corrected chi connectivity index (χ1v) is 12.8. The Morgan fingerprint density at radius 2 is 1.74 bits per heavy atom. The average molecular weight is 536 g/mol. The minimum absolute atomic E-state index is 0.125. The number of nitrogens with one attached hydrogen (secondary N) is 3. The Bertz CT molecular complexity index is 1240. The molecule has 0 unspecified atom stereocenters. The van der Waals surface area contributed by atoms with Gasteiger partial charge in [0.15, 0.2) is 0 Å². The molecule has 1 fully saturated rings. The highest BCUT2D eigenvalue weighted by Gasteiger charge is 2.29. The Morgan fingerprint density at radius 1 is 1.00 bits per heavy atom. The molecule has 2 aromatic rings. The van der Waals surface area contributed by atoms with Crippen LogP contribution in [0.5, 0.6) is 0 Å². The quantitative estimate of drug-likeness (QED) is 0.339. The van der Waals surface area contributed by atoms with Crippen LogP contribution in [0, 0.1) is 0 Å². The summed E-state index contributed by atoms with van der Waals surface area (Å²) in [5.41, 5.74) is 2.15. The molecule has 1 aromatic carbocycles. The van der Waals surface area contributed by atoms with Crippen LogP contribution in [0.3, 0.4) is 0 Å². The summed E-state index contributed by atoms with van der Waals surface area (Å²) in [5, 5.41) is 7.41. The maximum absolute atomic E-state index is 12.4. The lowest BCUT2D eigenvalue weighted by Gasteiger charge is -2.33. The van der Waals surface area contributed by atoms with Gasteiger partial charge in [-0.2, -0.15) is 0 Å². The minimum atomic E-state index is -0.960. The van der Waals surface area contributed by atoms with Crippen molar-refractivity contribution in [3.8, 4) is 0 Å². The fourth-order valence-corrected chi connectivity index (χ4v) is 4.39. The largest absolute Gasteiger partial charge is 0.354 e. The maximum Gasteiger partial charge on any atom is 0.289 e. The van der Waals surface area contributed by atoms with E-state index in [1.165, 1.54) is 11.8 Å². The van der Waals surface area contributed by atoms with Crippen molar-refractivity contribution >= 4 is 35.2 Å². The first-order valence-electron chi connectivity index (χ1n) is 12.8. The van der Waals surface area contributed by atoms with Crippen LogP contribution in [-0.2, 0) is 32.3 Å². The highest BCUT2D eigenvalue weighted by atomic mass is 16.2. The standard InChI is InChI=1S/C27H33N7O5/c1-18(31-24(36)17-34-16-20-5-3-4-6-21(20)27(34)39)25(37)30-15-22(35)26(38)29-14-19-7-8-23(28-13-19)33-11-9-32(2)10-12-33/h3-8,13,18H,9-12,14-17H2,1-2H3,(H,29,38)(H,30,37)(H,31,36)/t18-/m0/s1. The van der Waals surface area contributed by atoms with Crippen molar-refractivity contribution < 1.29 is 24.0 Å². The van der Waals surface area contributed by atoms with Gasteiger partial charge < -0.3 is 30.7 Å². The van der Waals surface area contributed by atoms with E-state index in [-0.39, 0.29) is 19.0 Å². The van der Waals surface area contributed by atoms with E-state index in [0.717, 1.165) is 43.1 Å². The van der Waals surface area contributed by atoms with Crippen molar-refractivity contribution in [2.45, 2.75) is 26.1 Å². The molecule has 0 saturated carbocycles. The van der Waals surface area contributed by atoms with Gasteiger partial charge in [-0.3, -0.25) is 24.0 Å². The second kappa shape index (κ2) is 12.5. The van der Waals surface area contributed by atoms with Gasteiger partial charge in [-0.15, -0.1) is 0 Å². The number of carbonyl (C=O) groups is 5. The van der Waals surface area contributed by atoms with E-state index in [1.807, 2.05) is 24.3 Å². The van der Waals surface area contributed by atoms with Crippen molar-refractivity contribution in [1.29, 1.82) is 0 Å². The molecule has 2 aliphatic heterocycles. The molecular formula is C27H33N7O5. The van der Waals surface area contributed by atoms with Gasteiger partial charge in [-0.1, -0.05) is 24.3 Å². The smallest absolute Gasteiger partial charge is 0.289 e. The van der Waals surface area contributed by atoms with E-state index in [2.05, 4.69) is 37.8 Å². The number of amides is 4. The topological polar surface area (TPSA) is 144 Å². The van der Waals surface area contributed by atoms with Gasteiger partial charge in [0.25, 0.3) is 11.8 Å². The van der Waals surface area contributed by atoms with Crippen LogP contribution in [-0.4, -0.2) is 96.6 Å². The predicted octanol–water partition coefficient (Wildman–Crippen LogP) is -0.704. The lowest BCUT2D eigenvalue weighted by atomic mass is 10.1. The minimum Gasteiger partial charge on any atom is -0.354 e. The molecule has 4 amide bonds. The monoisotopic (exact) mass is 535 g/mol. The van der Waals surface area contributed by atoms with Crippen LogP contribution in [0.1, 0.15) is 28.4 Å². The molecule has 4 rings (SSSR count). The number of aromatic nitrogens is 1. The van der Waals surface area contributed by atoms with Crippen molar-refractivity contribution in [2.24, 2.45) is 0 Å². The van der Waals surface area contributed by atoms with E-state index >= 15 is 0 Å². The molecule has 0 bridgehead atoms. The van der Waals surface area contributed by atoms with Crippen LogP contribution in [0.2, 0.25) is 0 Å². The number of likely N-dealkylation sites (N-methyl/N-ethyl adjacent to an activating group) is 1. The zero-order valence-corrected chi connectivity index (χ0v) is 22.1. The summed E-state index contributed by atoms with van der Waals surface area (Å²) >= 11 is 0. The van der Waals surface area contributed by atoms with E-state index in [1.54, 1.807) is 18.3 Å². The number of hydrogen-bond donors (Lipinski definition) is 3. The summed E-state index contributed by atoms with van der Waals surface area (Å²) in [4.78, 5) is 71.8. The summed E-state index contributed by atoms with van der Waals surface area (Å²) in [6.45, 7) is 4.93. The van der Waals surface area contributed by atoms with Gasteiger partial charge in [-0.25, -0.2) is 4.98 Å². The number of ketones is 1. The normalized spacial score (nSPS) is 15.9. The highest BCUT2D eigenvalue weighted by Crippen LogP contribution is 2.21. The van der Waals surface area contributed by atoms with Crippen LogP contribution in [0.4, 0.5) is 5.82 Å². The Hall–Kier alpha value is -4.32. The SMILES string of the molecule is C[C@H](NC(=O)CN1Cc2ccccc2C1=O)C(=O)NCC(=O)C(=O)NCc1ccc(N2CCN(C)CC2)nc1. The molecule has 1 atom stereocenters. The fourth-order valence-electron chi connectivity index (χ4n) is 4.39. The van der Waals surface area contributed by atoms with Crippen LogP contribution in [0.25, 0.3) is 0 Å². The summed E-state index contributed by atoms with van der Waals surface area (Å²) in [6, 6.07) is 9.91. The molecule has 2 aliphatic rings. The third-order valence-electron chi connectivity index (χ3n) is 6.77. The Kier molecular flexibility index (Phi) is 8.87. The first-order chi connectivity index (χ1) is 18.7. The molecular weight excluding hydrogens is 502 g/mol. The number of fused-ring (bicyclic) bond motifs is 1. The van der Waals surface area contributed by atoms with E-state index in [0.29, 0.717) is 12.1 Å². The number of hydrogen-bond acceptors (Lipinski definition) is 8. The fraction of sp³-hybridized carbons (Fsp3) is 0.407. The molecule has 1 aromatic heterocycles. The predicted molar refractivity (Wildman–Crippen MR) is 143 cm³/mol. The van der Waals surface area contributed by atoms with Crippen molar-refractivity contribution in [3.05, 3.63) is 59.3 Å². The summed E-state index contributed by atoms with van der Waals surface area (Å²) in [5.74, 6) is -2.14. The molecule has 0 spiro atoms. The number of Topliss-reactive ketones (excluding diaryl/α,β-unsaturated/α-hetero) is 1. The Labute approximate surface area is 226 Å². The van der Waals surface area contributed by atoms with Gasteiger partial charge in [0.2, 0.25) is 17.6 Å². The van der Waals surface area contributed by atoms with Crippen molar-refractivity contribution in [2.75, 3.05) is 51.2 Å². The maximum atomic E-state index is 12.4. The van der Waals surface area contributed by atoms with Gasteiger partial charge in [0, 0.05) is 51.0 Å². The van der Waals surface area contributed by atoms with E-state index in [9.17, 15) is 24.0 Å². The number of piperazine rings is 1. The number of anilines is 1. The Morgan fingerprint density at radius 3 is 2.44 bits per heavy atom. The molecule has 12 heteroatoms. The third-order valence-corrected chi connectivity index (χ3v) is 6.77. The summed E-state index contributed by atoms with van der Waals surface area (Å²) in [6.07, 6.45) is 1.67. The van der Waals surface area contributed by atoms with Gasteiger partial charge in [0.1, 0.15) is 18.4 Å². The number of pyridine rings is 1. The molecule has 0 aliphatic carbocycles. The summed E-state index contributed by atoms with van der Waals surface area (Å²) in [7, 11) is 2.08. The Balaban J connectivity index is 1.15. The number of benzene rings is 1. The van der Waals surface area contributed by atoms with Gasteiger partial charge >= 0.3 is 0 Å². The lowest BCUT2D eigenvalue weighted by molar-refractivity contribution is -0.138. The molecule has 0 radical (unpaired) electrons. The van der Waals surface area contributed by atoms with E-state index < -0.39 is 36.1 Å². The number of rotatable bonds is 10. The number of carbonyl (C=O) groups excluding carboxylic acids is 5. The first kappa shape index (κ1) is 27.7. The van der Waals surface area contributed by atoms with Gasteiger partial charge in [-0.05, 0) is 37.2 Å². The lowest BCUT2D eigenvalue weighted by Crippen LogP contribution is -2.49. The van der Waals surface area contributed by atoms with Gasteiger partial charge in [0.05, 0.1) is 6.54 Å². The number of nitrogens with zero attached hydrogens (tertiary/aromatic N) is 4. The molecule has 206 valence electrons. The third kappa shape index (κ3) is 7.17.